The molecule has 2 atom stereocenters. The highest BCUT2D eigenvalue weighted by atomic mass is 32.1. The number of nitrogens with zero attached hydrogens (tertiary/aromatic N) is 5. The molecule has 4 rings (SSSR count). The van der Waals surface area contributed by atoms with Crippen molar-refractivity contribution in [3.63, 3.8) is 0 Å². The number of hydrogen-bond donors (Lipinski definition) is 1. The van der Waals surface area contributed by atoms with Crippen LogP contribution in [0.2, 0.25) is 0 Å². The molecule has 0 saturated carbocycles. The SMILES string of the molecule is C=Nc1c(NC)sc2c(N3CCOCC3)nc(N3CC(C)OC(C)C3)nc12. The highest BCUT2D eigenvalue weighted by Gasteiger charge is 2.28. The molecule has 2 saturated heterocycles. The van der Waals surface area contributed by atoms with E-state index in [-0.39, 0.29) is 12.2 Å². The zero-order valence-corrected chi connectivity index (χ0v) is 16.9. The van der Waals surface area contributed by atoms with E-state index in [0.717, 1.165) is 58.9 Å². The van der Waals surface area contributed by atoms with Crippen LogP contribution >= 0.6 is 11.3 Å². The molecule has 2 unspecified atom stereocenters. The molecule has 2 aliphatic heterocycles. The maximum Gasteiger partial charge on any atom is 0.228 e. The smallest absolute Gasteiger partial charge is 0.228 e. The van der Waals surface area contributed by atoms with Crippen LogP contribution in [0.1, 0.15) is 13.8 Å². The molecule has 9 heteroatoms. The van der Waals surface area contributed by atoms with Gasteiger partial charge in [0.05, 0.1) is 30.1 Å². The number of hydrogen-bond acceptors (Lipinski definition) is 9. The summed E-state index contributed by atoms with van der Waals surface area (Å²) < 4.78 is 12.5. The fourth-order valence-corrected chi connectivity index (χ4v) is 4.80. The van der Waals surface area contributed by atoms with Crippen LogP contribution in [-0.2, 0) is 9.47 Å². The van der Waals surface area contributed by atoms with E-state index < -0.39 is 0 Å². The van der Waals surface area contributed by atoms with E-state index in [1.807, 2.05) is 7.05 Å². The molecule has 0 amide bonds. The Morgan fingerprint density at radius 3 is 2.48 bits per heavy atom. The molecule has 0 radical (unpaired) electrons. The van der Waals surface area contributed by atoms with Crippen LogP contribution in [0, 0.1) is 0 Å². The first kappa shape index (κ1) is 18.4. The third-order valence-electron chi connectivity index (χ3n) is 4.88. The maximum atomic E-state index is 5.88. The third kappa shape index (κ3) is 3.46. The van der Waals surface area contributed by atoms with Crippen LogP contribution in [0.3, 0.4) is 0 Å². The van der Waals surface area contributed by atoms with Crippen LogP contribution in [0.5, 0.6) is 0 Å². The summed E-state index contributed by atoms with van der Waals surface area (Å²) in [5.41, 5.74) is 1.66. The molecular formula is C18H26N6O2S. The Kier molecular flexibility index (Phi) is 5.16. The number of thiophene rings is 1. The van der Waals surface area contributed by atoms with Crippen LogP contribution in [0.15, 0.2) is 4.99 Å². The van der Waals surface area contributed by atoms with E-state index >= 15 is 0 Å². The van der Waals surface area contributed by atoms with Crippen molar-refractivity contribution in [3.8, 4) is 0 Å². The molecule has 2 aliphatic rings. The van der Waals surface area contributed by atoms with E-state index in [1.165, 1.54) is 0 Å². The van der Waals surface area contributed by atoms with Gasteiger partial charge in [-0.2, -0.15) is 4.98 Å². The molecule has 27 heavy (non-hydrogen) atoms. The number of fused-ring (bicyclic) bond motifs is 1. The van der Waals surface area contributed by atoms with Crippen LogP contribution in [0.4, 0.5) is 22.5 Å². The standard InChI is InChI=1S/C18H26N6O2S/c1-11-9-24(10-12(2)26-11)18-21-13-14(19-3)17(20-4)27-15(13)16(22-18)23-5-7-25-8-6-23/h11-12,20H,3,5-10H2,1-2,4H3. The number of anilines is 3. The Bertz CT molecular complexity index is 825. The van der Waals surface area contributed by atoms with E-state index in [0.29, 0.717) is 13.2 Å². The summed E-state index contributed by atoms with van der Waals surface area (Å²) in [6.07, 6.45) is 0.291. The van der Waals surface area contributed by atoms with Crippen molar-refractivity contribution >= 4 is 50.7 Å². The topological polar surface area (TPSA) is 75.1 Å². The molecule has 146 valence electrons. The van der Waals surface area contributed by atoms with Crippen molar-refractivity contribution in [2.75, 3.05) is 61.6 Å². The summed E-state index contributed by atoms with van der Waals surface area (Å²) >= 11 is 1.63. The summed E-state index contributed by atoms with van der Waals surface area (Å²) in [5.74, 6) is 1.69. The fourth-order valence-electron chi connectivity index (χ4n) is 3.73. The van der Waals surface area contributed by atoms with Gasteiger partial charge in [-0.1, -0.05) is 0 Å². The van der Waals surface area contributed by atoms with Crippen molar-refractivity contribution in [2.45, 2.75) is 26.1 Å². The zero-order valence-electron chi connectivity index (χ0n) is 16.1. The quantitative estimate of drug-likeness (QED) is 0.804. The average molecular weight is 391 g/mol. The zero-order chi connectivity index (χ0) is 19.0. The van der Waals surface area contributed by atoms with Gasteiger partial charge in [-0.25, -0.2) is 4.98 Å². The fraction of sp³-hybridized carbons (Fsp3) is 0.611. The highest BCUT2D eigenvalue weighted by molar-refractivity contribution is 7.24. The van der Waals surface area contributed by atoms with Crippen LogP contribution in [0.25, 0.3) is 10.2 Å². The molecule has 0 aromatic carbocycles. The van der Waals surface area contributed by atoms with Crippen LogP contribution < -0.4 is 15.1 Å². The minimum Gasteiger partial charge on any atom is -0.378 e. The van der Waals surface area contributed by atoms with E-state index in [2.05, 4.69) is 40.7 Å². The molecule has 8 nitrogen and oxygen atoms in total. The Balaban J connectivity index is 1.85. The lowest BCUT2D eigenvalue weighted by molar-refractivity contribution is -0.00569. The van der Waals surface area contributed by atoms with Gasteiger partial charge in [0.1, 0.15) is 16.2 Å². The summed E-state index contributed by atoms with van der Waals surface area (Å²) in [6.45, 7) is 12.6. The number of nitrogens with one attached hydrogen (secondary N) is 1. The predicted octanol–water partition coefficient (Wildman–Crippen LogP) is 2.52. The minimum atomic E-state index is 0.146. The number of aromatic nitrogens is 2. The van der Waals surface area contributed by atoms with Crippen LogP contribution in [-0.4, -0.2) is 75.3 Å². The Hall–Kier alpha value is -1.97. The number of rotatable bonds is 4. The maximum absolute atomic E-state index is 5.88. The number of aliphatic imine (C=N–C) groups is 1. The van der Waals surface area contributed by atoms with Crippen molar-refractivity contribution in [1.29, 1.82) is 0 Å². The monoisotopic (exact) mass is 390 g/mol. The summed E-state index contributed by atoms with van der Waals surface area (Å²) in [5, 5.41) is 4.18. The first-order chi connectivity index (χ1) is 13.1. The molecular weight excluding hydrogens is 364 g/mol. The highest BCUT2D eigenvalue weighted by Crippen LogP contribution is 2.45. The lowest BCUT2D eigenvalue weighted by atomic mass is 10.2. The third-order valence-corrected chi connectivity index (χ3v) is 6.06. The molecule has 0 bridgehead atoms. The van der Waals surface area contributed by atoms with Crippen molar-refractivity contribution in [2.24, 2.45) is 4.99 Å². The van der Waals surface area contributed by atoms with Gasteiger partial charge >= 0.3 is 0 Å². The van der Waals surface area contributed by atoms with Gasteiger partial charge in [-0.3, -0.25) is 4.99 Å². The average Bonchev–Trinajstić information content (AvgIpc) is 3.04. The van der Waals surface area contributed by atoms with Gasteiger partial charge in [0, 0.05) is 33.2 Å². The van der Waals surface area contributed by atoms with Gasteiger partial charge in [-0.15, -0.1) is 11.3 Å². The molecule has 0 spiro atoms. The van der Waals surface area contributed by atoms with Gasteiger partial charge in [-0.05, 0) is 20.6 Å². The van der Waals surface area contributed by atoms with Crippen molar-refractivity contribution < 1.29 is 9.47 Å². The lowest BCUT2D eigenvalue weighted by Gasteiger charge is -2.36. The largest absolute Gasteiger partial charge is 0.378 e. The summed E-state index contributed by atoms with van der Waals surface area (Å²) in [7, 11) is 1.90. The molecule has 0 aliphatic carbocycles. The van der Waals surface area contributed by atoms with E-state index in [4.69, 9.17) is 19.4 Å². The van der Waals surface area contributed by atoms with E-state index in [9.17, 15) is 0 Å². The lowest BCUT2D eigenvalue weighted by Crippen LogP contribution is -2.46. The molecule has 2 aromatic heterocycles. The summed E-state index contributed by atoms with van der Waals surface area (Å²) in [6, 6.07) is 0. The molecule has 2 aromatic rings. The number of morpholine rings is 2. The van der Waals surface area contributed by atoms with Gasteiger partial charge < -0.3 is 24.6 Å². The molecule has 4 heterocycles. The Morgan fingerprint density at radius 2 is 1.85 bits per heavy atom. The Morgan fingerprint density at radius 1 is 1.15 bits per heavy atom. The second-order valence-electron chi connectivity index (χ2n) is 6.97. The normalized spacial score (nSPS) is 23.7. The second-order valence-corrected chi connectivity index (χ2v) is 8.00. The molecule has 2 fully saturated rings. The summed E-state index contributed by atoms with van der Waals surface area (Å²) in [4.78, 5) is 18.6. The predicted molar refractivity (Wildman–Crippen MR) is 111 cm³/mol. The van der Waals surface area contributed by atoms with Gasteiger partial charge in [0.25, 0.3) is 0 Å². The molecule has 1 N–H and O–H groups in total. The van der Waals surface area contributed by atoms with Crippen molar-refractivity contribution in [3.05, 3.63) is 0 Å². The van der Waals surface area contributed by atoms with Gasteiger partial charge in [0.15, 0.2) is 5.82 Å². The minimum absolute atomic E-state index is 0.146. The number of ether oxygens (including phenoxy) is 2. The van der Waals surface area contributed by atoms with Gasteiger partial charge in [0.2, 0.25) is 5.95 Å². The van der Waals surface area contributed by atoms with E-state index in [1.54, 1.807) is 11.3 Å². The van der Waals surface area contributed by atoms with Crippen molar-refractivity contribution in [1.82, 2.24) is 9.97 Å². The first-order valence-electron chi connectivity index (χ1n) is 9.32. The second kappa shape index (κ2) is 7.57. The Labute approximate surface area is 163 Å². The first-order valence-corrected chi connectivity index (χ1v) is 10.1.